The average Bonchev–Trinajstić information content (AvgIpc) is 2.89. The minimum atomic E-state index is 0.193. The molecule has 0 spiro atoms. The molecule has 5 heteroatoms. The normalized spacial score (nSPS) is 22.1. The van der Waals surface area contributed by atoms with Gasteiger partial charge in [-0.15, -0.1) is 0 Å². The second-order valence-corrected chi connectivity index (χ2v) is 5.79. The van der Waals surface area contributed by atoms with Gasteiger partial charge in [0, 0.05) is 39.3 Å². The summed E-state index contributed by atoms with van der Waals surface area (Å²) in [7, 11) is 2.11. The van der Waals surface area contributed by atoms with Crippen molar-refractivity contribution in [1.82, 2.24) is 15.1 Å². The summed E-state index contributed by atoms with van der Waals surface area (Å²) in [4.78, 5) is 9.41. The summed E-state index contributed by atoms with van der Waals surface area (Å²) in [5, 5.41) is 12.4. The van der Waals surface area contributed by atoms with E-state index >= 15 is 0 Å². The van der Waals surface area contributed by atoms with Crippen molar-refractivity contribution in [3.63, 3.8) is 0 Å². The molecule has 0 aromatic carbocycles. The van der Waals surface area contributed by atoms with Crippen LogP contribution in [0.15, 0.2) is 4.99 Å². The number of likely N-dealkylation sites (tertiary alicyclic amines) is 1. The number of likely N-dealkylation sites (N-methyl/N-ethyl adjacent to an activating group) is 2. The molecule has 0 aliphatic carbocycles. The molecule has 2 atom stereocenters. The van der Waals surface area contributed by atoms with Gasteiger partial charge in [0.2, 0.25) is 0 Å². The molecule has 2 N–H and O–H groups in total. The van der Waals surface area contributed by atoms with Crippen molar-refractivity contribution in [2.45, 2.75) is 39.7 Å². The Labute approximate surface area is 124 Å². The van der Waals surface area contributed by atoms with Gasteiger partial charge in [0.25, 0.3) is 0 Å². The molecule has 0 saturated carbocycles. The van der Waals surface area contributed by atoms with Gasteiger partial charge in [0.1, 0.15) is 0 Å². The molecule has 118 valence electrons. The van der Waals surface area contributed by atoms with Gasteiger partial charge in [-0.1, -0.05) is 13.8 Å². The van der Waals surface area contributed by atoms with Crippen LogP contribution in [0.2, 0.25) is 0 Å². The smallest absolute Gasteiger partial charge is 0.193 e. The first-order valence-electron chi connectivity index (χ1n) is 7.96. The van der Waals surface area contributed by atoms with Crippen molar-refractivity contribution in [1.29, 1.82) is 0 Å². The maximum absolute atomic E-state index is 9.10. The van der Waals surface area contributed by atoms with Crippen molar-refractivity contribution in [2.75, 3.05) is 46.4 Å². The third kappa shape index (κ3) is 5.29. The lowest BCUT2D eigenvalue weighted by molar-refractivity contribution is 0.230. The summed E-state index contributed by atoms with van der Waals surface area (Å²) in [6.07, 6.45) is 2.59. The lowest BCUT2D eigenvalue weighted by atomic mass is 10.2. The van der Waals surface area contributed by atoms with Gasteiger partial charge in [0.05, 0.1) is 0 Å². The Morgan fingerprint density at radius 3 is 2.85 bits per heavy atom. The van der Waals surface area contributed by atoms with Gasteiger partial charge in [-0.25, -0.2) is 0 Å². The van der Waals surface area contributed by atoms with E-state index in [1.54, 1.807) is 0 Å². The number of aliphatic hydroxyl groups is 1. The van der Waals surface area contributed by atoms with Crippen LogP contribution in [-0.2, 0) is 0 Å². The van der Waals surface area contributed by atoms with Crippen molar-refractivity contribution in [3.05, 3.63) is 0 Å². The molecule has 5 nitrogen and oxygen atoms in total. The third-order valence-corrected chi connectivity index (χ3v) is 3.95. The molecule has 2 unspecified atom stereocenters. The largest absolute Gasteiger partial charge is 0.396 e. The maximum Gasteiger partial charge on any atom is 0.193 e. The Morgan fingerprint density at radius 1 is 1.50 bits per heavy atom. The summed E-state index contributed by atoms with van der Waals surface area (Å²) in [5.74, 6) is 1.17. The molecular weight excluding hydrogens is 252 g/mol. The van der Waals surface area contributed by atoms with Gasteiger partial charge >= 0.3 is 0 Å². The molecule has 1 rings (SSSR count). The van der Waals surface area contributed by atoms with E-state index in [0.29, 0.717) is 12.6 Å². The van der Waals surface area contributed by atoms with E-state index < -0.39 is 0 Å². The second-order valence-electron chi connectivity index (χ2n) is 5.79. The number of nitrogens with zero attached hydrogens (tertiary/aromatic N) is 3. The zero-order valence-corrected chi connectivity index (χ0v) is 13.6. The summed E-state index contributed by atoms with van der Waals surface area (Å²) in [5.41, 5.74) is 0. The van der Waals surface area contributed by atoms with E-state index in [-0.39, 0.29) is 12.5 Å². The van der Waals surface area contributed by atoms with Crippen molar-refractivity contribution in [2.24, 2.45) is 10.9 Å². The summed E-state index contributed by atoms with van der Waals surface area (Å²) in [6, 6.07) is 0.643. The van der Waals surface area contributed by atoms with Gasteiger partial charge in [-0.3, -0.25) is 9.89 Å². The first kappa shape index (κ1) is 17.2. The highest BCUT2D eigenvalue weighted by Crippen LogP contribution is 2.17. The molecule has 1 aliphatic heterocycles. The van der Waals surface area contributed by atoms with Crippen LogP contribution in [0.4, 0.5) is 0 Å². The van der Waals surface area contributed by atoms with E-state index in [1.165, 1.54) is 19.4 Å². The molecule has 20 heavy (non-hydrogen) atoms. The van der Waals surface area contributed by atoms with E-state index in [9.17, 15) is 0 Å². The van der Waals surface area contributed by atoms with Crippen molar-refractivity contribution < 1.29 is 5.11 Å². The van der Waals surface area contributed by atoms with Gasteiger partial charge in [-0.2, -0.15) is 0 Å². The molecule has 0 bridgehead atoms. The van der Waals surface area contributed by atoms with Gasteiger partial charge in [0.15, 0.2) is 5.96 Å². The van der Waals surface area contributed by atoms with E-state index in [1.807, 2.05) is 6.92 Å². The molecule has 1 aliphatic rings. The molecule has 1 heterocycles. The lowest BCUT2D eigenvalue weighted by Gasteiger charge is -2.30. The molecule has 0 amide bonds. The van der Waals surface area contributed by atoms with Crippen LogP contribution in [0.1, 0.15) is 33.6 Å². The number of hydrogen-bond acceptors (Lipinski definition) is 3. The number of hydrogen-bond donors (Lipinski definition) is 2. The zero-order valence-electron chi connectivity index (χ0n) is 13.6. The van der Waals surface area contributed by atoms with Crippen LogP contribution >= 0.6 is 0 Å². The van der Waals surface area contributed by atoms with Crippen LogP contribution in [-0.4, -0.2) is 73.3 Å². The van der Waals surface area contributed by atoms with Crippen LogP contribution < -0.4 is 5.32 Å². The third-order valence-electron chi connectivity index (χ3n) is 3.95. The fourth-order valence-corrected chi connectivity index (χ4v) is 2.69. The Morgan fingerprint density at radius 2 is 2.25 bits per heavy atom. The number of guanidine groups is 1. The monoisotopic (exact) mass is 284 g/mol. The predicted octanol–water partition coefficient (Wildman–Crippen LogP) is 0.996. The number of aliphatic hydroxyl groups excluding tert-OH is 1. The quantitative estimate of drug-likeness (QED) is 0.541. The molecule has 0 radical (unpaired) electrons. The molecular formula is C15H32N4O. The zero-order chi connectivity index (χ0) is 15.0. The van der Waals surface area contributed by atoms with Crippen LogP contribution in [0.3, 0.4) is 0 Å². The Hall–Kier alpha value is -0.810. The number of aliphatic imine (C=N–C) groups is 1. The SMILES string of the molecule is CCNC(=NCC(C)CO)N(C)CC1CCCN1CC. The topological polar surface area (TPSA) is 51.1 Å². The Kier molecular flexibility index (Phi) is 7.92. The van der Waals surface area contributed by atoms with Crippen LogP contribution in [0, 0.1) is 5.92 Å². The minimum absolute atomic E-state index is 0.193. The fourth-order valence-electron chi connectivity index (χ4n) is 2.69. The first-order valence-corrected chi connectivity index (χ1v) is 7.96. The highest BCUT2D eigenvalue weighted by Gasteiger charge is 2.24. The summed E-state index contributed by atoms with van der Waals surface area (Å²) < 4.78 is 0. The van der Waals surface area contributed by atoms with Crippen molar-refractivity contribution in [3.8, 4) is 0 Å². The van der Waals surface area contributed by atoms with Crippen LogP contribution in [0.5, 0.6) is 0 Å². The van der Waals surface area contributed by atoms with E-state index in [0.717, 1.165) is 25.6 Å². The molecule has 0 aromatic rings. The molecule has 1 saturated heterocycles. The first-order chi connectivity index (χ1) is 9.62. The van der Waals surface area contributed by atoms with Crippen LogP contribution in [0.25, 0.3) is 0 Å². The predicted molar refractivity (Wildman–Crippen MR) is 85.1 cm³/mol. The Bertz CT molecular complexity index is 296. The second kappa shape index (κ2) is 9.19. The number of nitrogens with one attached hydrogen (secondary N) is 1. The Balaban J connectivity index is 2.56. The average molecular weight is 284 g/mol. The standard InChI is InChI=1S/C15H32N4O/c1-5-16-15(17-10-13(3)12-20)18(4)11-14-8-7-9-19(14)6-2/h13-14,20H,5-12H2,1-4H3,(H,16,17). The van der Waals surface area contributed by atoms with E-state index in [2.05, 4.69) is 41.0 Å². The lowest BCUT2D eigenvalue weighted by Crippen LogP contribution is -2.46. The molecule has 0 aromatic heterocycles. The fraction of sp³-hybridized carbons (Fsp3) is 0.933. The highest BCUT2D eigenvalue weighted by molar-refractivity contribution is 5.79. The van der Waals surface area contributed by atoms with Gasteiger partial charge in [-0.05, 0) is 38.8 Å². The van der Waals surface area contributed by atoms with Crippen molar-refractivity contribution >= 4 is 5.96 Å². The number of rotatable bonds is 7. The highest BCUT2D eigenvalue weighted by atomic mass is 16.3. The minimum Gasteiger partial charge on any atom is -0.396 e. The summed E-state index contributed by atoms with van der Waals surface area (Å²) in [6.45, 7) is 11.5. The van der Waals surface area contributed by atoms with E-state index in [4.69, 9.17) is 5.11 Å². The molecule has 1 fully saturated rings. The maximum atomic E-state index is 9.10. The van der Waals surface area contributed by atoms with Gasteiger partial charge < -0.3 is 15.3 Å². The summed E-state index contributed by atoms with van der Waals surface area (Å²) >= 11 is 0.